The van der Waals surface area contributed by atoms with Crippen LogP contribution in [0.4, 0.5) is 13.2 Å². The minimum absolute atomic E-state index is 0.305. The van der Waals surface area contributed by atoms with Crippen molar-refractivity contribution < 1.29 is 23.1 Å². The molecule has 2 aromatic heterocycles. The van der Waals surface area contributed by atoms with Crippen molar-refractivity contribution >= 4 is 17.2 Å². The second-order valence-corrected chi connectivity index (χ2v) is 6.38. The lowest BCUT2D eigenvalue weighted by atomic mass is 9.99. The number of carbonyl (C=O) groups is 1. The summed E-state index contributed by atoms with van der Waals surface area (Å²) in [5.41, 5.74) is -2.95. The molecule has 0 aromatic carbocycles. The van der Waals surface area contributed by atoms with Crippen LogP contribution >= 0.6 is 11.3 Å². The molecule has 0 unspecified atom stereocenters. The van der Waals surface area contributed by atoms with Gasteiger partial charge in [-0.25, -0.2) is 4.98 Å². The zero-order chi connectivity index (χ0) is 18.0. The molecule has 6 nitrogen and oxygen atoms in total. The van der Waals surface area contributed by atoms with Crippen LogP contribution in [0.25, 0.3) is 0 Å². The predicted molar refractivity (Wildman–Crippen MR) is 81.3 cm³/mol. The summed E-state index contributed by atoms with van der Waals surface area (Å²) in [6.07, 6.45) is -2.93. The van der Waals surface area contributed by atoms with E-state index in [9.17, 15) is 23.1 Å². The highest BCUT2D eigenvalue weighted by Crippen LogP contribution is 2.42. The number of rotatable bonds is 6. The van der Waals surface area contributed by atoms with E-state index in [0.717, 1.165) is 0 Å². The van der Waals surface area contributed by atoms with Gasteiger partial charge in [0.05, 0.1) is 13.0 Å². The maximum absolute atomic E-state index is 13.3. The molecule has 0 aliphatic carbocycles. The van der Waals surface area contributed by atoms with E-state index >= 15 is 0 Å². The van der Waals surface area contributed by atoms with E-state index < -0.39 is 35.2 Å². The van der Waals surface area contributed by atoms with E-state index in [0.29, 0.717) is 23.6 Å². The molecule has 0 radical (unpaired) electrons. The van der Waals surface area contributed by atoms with E-state index in [1.807, 2.05) is 0 Å². The summed E-state index contributed by atoms with van der Waals surface area (Å²) in [7, 11) is 0. The number of aromatic nitrogens is 3. The van der Waals surface area contributed by atoms with Gasteiger partial charge in [-0.15, -0.1) is 11.3 Å². The van der Waals surface area contributed by atoms with Crippen molar-refractivity contribution in [3.05, 3.63) is 34.5 Å². The summed E-state index contributed by atoms with van der Waals surface area (Å²) >= 11 is 0.673. The molecule has 0 saturated heterocycles. The van der Waals surface area contributed by atoms with Crippen LogP contribution in [0.2, 0.25) is 0 Å². The Morgan fingerprint density at radius 3 is 2.71 bits per heavy atom. The van der Waals surface area contributed by atoms with Crippen LogP contribution in [0, 0.1) is 6.92 Å². The van der Waals surface area contributed by atoms with Crippen molar-refractivity contribution in [2.24, 2.45) is 0 Å². The Bertz CT molecular complexity index is 687. The van der Waals surface area contributed by atoms with Crippen LogP contribution in [0.3, 0.4) is 0 Å². The molecule has 2 aromatic rings. The molecule has 0 aliphatic rings. The quantitative estimate of drug-likeness (QED) is 0.824. The van der Waals surface area contributed by atoms with Crippen LogP contribution in [-0.2, 0) is 16.9 Å². The fourth-order valence-corrected chi connectivity index (χ4v) is 3.05. The monoisotopic (exact) mass is 362 g/mol. The number of nitrogens with one attached hydrogen (secondary N) is 1. The first-order valence-electron chi connectivity index (χ1n) is 7.10. The molecule has 2 rings (SSSR count). The smallest absolute Gasteiger partial charge is 0.374 e. The van der Waals surface area contributed by atoms with Crippen LogP contribution < -0.4 is 5.32 Å². The van der Waals surface area contributed by atoms with Gasteiger partial charge in [-0.3, -0.25) is 9.48 Å². The van der Waals surface area contributed by atoms with E-state index in [4.69, 9.17) is 0 Å². The van der Waals surface area contributed by atoms with E-state index in [1.165, 1.54) is 12.3 Å². The number of amides is 1. The molecule has 0 spiro atoms. The Balaban J connectivity index is 2.08. The van der Waals surface area contributed by atoms with Crippen LogP contribution in [0.1, 0.15) is 24.0 Å². The molecule has 2 atom stereocenters. The van der Waals surface area contributed by atoms with Gasteiger partial charge in [-0.1, -0.05) is 0 Å². The molecular formula is C14H17F3N4O2S. The fourth-order valence-electron chi connectivity index (χ4n) is 2.13. The van der Waals surface area contributed by atoms with Crippen molar-refractivity contribution in [3.8, 4) is 0 Å². The molecule has 0 aliphatic heterocycles. The minimum atomic E-state index is -5.01. The van der Waals surface area contributed by atoms with Gasteiger partial charge < -0.3 is 10.4 Å². The van der Waals surface area contributed by atoms with Crippen LogP contribution in [0.5, 0.6) is 0 Å². The third-order valence-corrected chi connectivity index (χ3v) is 4.40. The van der Waals surface area contributed by atoms with Gasteiger partial charge in [-0.05, 0) is 19.9 Å². The van der Waals surface area contributed by atoms with E-state index in [2.05, 4.69) is 15.4 Å². The molecule has 0 bridgehead atoms. The Morgan fingerprint density at radius 2 is 2.21 bits per heavy atom. The summed E-state index contributed by atoms with van der Waals surface area (Å²) in [6, 6.07) is 1.25. The maximum atomic E-state index is 13.3. The van der Waals surface area contributed by atoms with Gasteiger partial charge in [0.15, 0.2) is 0 Å². The molecule has 10 heteroatoms. The number of aryl methyl sites for hydroxylation is 1. The summed E-state index contributed by atoms with van der Waals surface area (Å²) in [5.74, 6) is -0.915. The van der Waals surface area contributed by atoms with Crippen LogP contribution in [0.15, 0.2) is 23.8 Å². The molecule has 132 valence electrons. The maximum Gasteiger partial charge on any atom is 0.424 e. The Kier molecular flexibility index (Phi) is 5.29. The lowest BCUT2D eigenvalue weighted by molar-refractivity contribution is -0.267. The number of thiazole rings is 1. The third-order valence-electron chi connectivity index (χ3n) is 3.29. The highest BCUT2D eigenvalue weighted by atomic mass is 32.1. The average molecular weight is 362 g/mol. The standard InChI is InChI=1S/C14H17F3N4O2S/c1-9(7-21-5-3-4-18-21)19-11(22)6-13(23,14(15,16)17)12-20-10(2)8-24-12/h3-5,8-9,23H,6-7H2,1-2H3,(H,19,22)/t9-,13-/m0/s1. The van der Waals surface area contributed by atoms with Crippen molar-refractivity contribution in [3.63, 3.8) is 0 Å². The third kappa shape index (κ3) is 4.12. The zero-order valence-electron chi connectivity index (χ0n) is 13.0. The number of alkyl halides is 3. The molecular weight excluding hydrogens is 345 g/mol. The minimum Gasteiger partial charge on any atom is -0.374 e. The number of hydrogen-bond acceptors (Lipinski definition) is 5. The highest BCUT2D eigenvalue weighted by molar-refractivity contribution is 7.09. The van der Waals surface area contributed by atoms with E-state index in [-0.39, 0.29) is 0 Å². The average Bonchev–Trinajstić information content (AvgIpc) is 3.08. The van der Waals surface area contributed by atoms with Gasteiger partial charge in [0.2, 0.25) is 11.5 Å². The van der Waals surface area contributed by atoms with Crippen LogP contribution in [-0.4, -0.2) is 38.0 Å². The van der Waals surface area contributed by atoms with Gasteiger partial charge in [-0.2, -0.15) is 18.3 Å². The topological polar surface area (TPSA) is 80.0 Å². The first-order valence-corrected chi connectivity index (χ1v) is 7.98. The zero-order valence-corrected chi connectivity index (χ0v) is 13.9. The Hall–Kier alpha value is -1.94. The summed E-state index contributed by atoms with van der Waals surface area (Å²) < 4.78 is 41.5. The van der Waals surface area contributed by atoms with Crippen molar-refractivity contribution in [2.45, 2.75) is 44.6 Å². The SMILES string of the molecule is Cc1csc([C@@](O)(CC(=O)N[C@@H](C)Cn2cccn2)C(F)(F)F)n1. The lowest BCUT2D eigenvalue weighted by Gasteiger charge is -2.28. The normalized spacial score (nSPS) is 15.8. The lowest BCUT2D eigenvalue weighted by Crippen LogP contribution is -2.47. The van der Waals surface area contributed by atoms with Gasteiger partial charge in [0.1, 0.15) is 5.01 Å². The molecule has 2 N–H and O–H groups in total. The Morgan fingerprint density at radius 1 is 1.50 bits per heavy atom. The number of hydrogen-bond donors (Lipinski definition) is 2. The first kappa shape index (κ1) is 18.4. The number of carbonyl (C=O) groups excluding carboxylic acids is 1. The summed E-state index contributed by atoms with van der Waals surface area (Å²) in [5, 5.41) is 17.4. The predicted octanol–water partition coefficient (Wildman–Crippen LogP) is 1.99. The highest BCUT2D eigenvalue weighted by Gasteiger charge is 2.58. The molecule has 0 saturated carbocycles. The number of halogens is 3. The second kappa shape index (κ2) is 6.89. The van der Waals surface area contributed by atoms with E-state index in [1.54, 1.807) is 30.1 Å². The summed E-state index contributed by atoms with van der Waals surface area (Å²) in [4.78, 5) is 15.7. The van der Waals surface area contributed by atoms with Gasteiger partial charge in [0.25, 0.3) is 0 Å². The van der Waals surface area contributed by atoms with Gasteiger partial charge in [0, 0.05) is 29.5 Å². The molecule has 1 amide bonds. The van der Waals surface area contributed by atoms with Crippen molar-refractivity contribution in [2.75, 3.05) is 0 Å². The number of nitrogens with zero attached hydrogens (tertiary/aromatic N) is 3. The molecule has 2 heterocycles. The molecule has 24 heavy (non-hydrogen) atoms. The van der Waals surface area contributed by atoms with Gasteiger partial charge >= 0.3 is 6.18 Å². The van der Waals surface area contributed by atoms with Crippen molar-refractivity contribution in [1.82, 2.24) is 20.1 Å². The largest absolute Gasteiger partial charge is 0.424 e. The summed E-state index contributed by atoms with van der Waals surface area (Å²) in [6.45, 7) is 3.46. The fraction of sp³-hybridized carbons (Fsp3) is 0.500. The van der Waals surface area contributed by atoms with Crippen molar-refractivity contribution in [1.29, 1.82) is 0 Å². The molecule has 0 fully saturated rings. The second-order valence-electron chi connectivity index (χ2n) is 5.53. The number of aliphatic hydroxyl groups is 1. The Labute approximate surface area is 140 Å². The first-order chi connectivity index (χ1) is 11.1.